The Bertz CT molecular complexity index is 796. The molecule has 2 aromatic rings. The van der Waals surface area contributed by atoms with Crippen LogP contribution < -0.4 is 0 Å². The van der Waals surface area contributed by atoms with Gasteiger partial charge >= 0.3 is 5.97 Å². The van der Waals surface area contributed by atoms with Crippen LogP contribution in [0, 0.1) is 11.8 Å². The molecule has 4 rings (SSSR count). The quantitative estimate of drug-likeness (QED) is 0.877. The van der Waals surface area contributed by atoms with E-state index in [-0.39, 0.29) is 17.7 Å². The lowest BCUT2D eigenvalue weighted by Gasteiger charge is -2.39. The van der Waals surface area contributed by atoms with E-state index < -0.39 is 11.9 Å². The van der Waals surface area contributed by atoms with E-state index in [0.717, 1.165) is 24.2 Å². The monoisotopic (exact) mass is 354 g/mol. The summed E-state index contributed by atoms with van der Waals surface area (Å²) in [5.41, 5.74) is 0.979. The Hall–Kier alpha value is -2.70. The summed E-state index contributed by atoms with van der Waals surface area (Å²) in [6, 6.07) is 9.83. The average Bonchev–Trinajstić information content (AvgIpc) is 3.11. The van der Waals surface area contributed by atoms with E-state index in [2.05, 4.69) is 15.2 Å². The van der Waals surface area contributed by atoms with Crippen LogP contribution in [0.4, 0.5) is 0 Å². The maximum absolute atomic E-state index is 12.6. The van der Waals surface area contributed by atoms with Crippen molar-refractivity contribution >= 4 is 11.9 Å². The van der Waals surface area contributed by atoms with E-state index in [1.807, 2.05) is 35.2 Å². The largest absolute Gasteiger partial charge is 0.481 e. The summed E-state index contributed by atoms with van der Waals surface area (Å²) in [6.45, 7) is 1.29. The number of H-pyrrole nitrogens is 1. The molecule has 7 heteroatoms. The fourth-order valence-corrected chi connectivity index (χ4v) is 3.87. The zero-order valence-corrected chi connectivity index (χ0v) is 14.5. The highest BCUT2D eigenvalue weighted by molar-refractivity contribution is 5.86. The number of likely N-dealkylation sites (tertiary alicyclic amines) is 1. The third-order valence-corrected chi connectivity index (χ3v) is 5.64. The third-order valence-electron chi connectivity index (χ3n) is 5.64. The van der Waals surface area contributed by atoms with Crippen molar-refractivity contribution in [2.75, 3.05) is 13.1 Å². The van der Waals surface area contributed by atoms with Gasteiger partial charge in [-0.3, -0.25) is 14.7 Å². The minimum Gasteiger partial charge on any atom is -0.481 e. The van der Waals surface area contributed by atoms with Crippen LogP contribution in [-0.4, -0.2) is 50.2 Å². The second-order valence-corrected chi connectivity index (χ2v) is 7.14. The van der Waals surface area contributed by atoms with Gasteiger partial charge in [0, 0.05) is 24.6 Å². The molecule has 2 atom stereocenters. The highest BCUT2D eigenvalue weighted by atomic mass is 16.4. The standard InChI is InChI=1S/C19H22N4O3/c24-18(14-6-7-15(14)19(25)26)23-10-8-13(9-11-23)17-20-16(21-22-17)12-4-2-1-3-5-12/h1-5,13-15H,6-11H2,(H,25,26)(H,20,21,22). The first-order valence-electron chi connectivity index (χ1n) is 9.13. The number of aliphatic carboxylic acids is 1. The van der Waals surface area contributed by atoms with Crippen molar-refractivity contribution in [1.82, 2.24) is 20.1 Å². The summed E-state index contributed by atoms with van der Waals surface area (Å²) >= 11 is 0. The molecule has 1 aliphatic heterocycles. The van der Waals surface area contributed by atoms with Gasteiger partial charge in [0.05, 0.1) is 11.8 Å². The number of aromatic nitrogens is 3. The molecular formula is C19H22N4O3. The van der Waals surface area contributed by atoms with Crippen LogP contribution >= 0.6 is 0 Å². The van der Waals surface area contributed by atoms with Gasteiger partial charge in [0.1, 0.15) is 5.82 Å². The number of nitrogens with one attached hydrogen (secondary N) is 1. The molecule has 1 aliphatic carbocycles. The van der Waals surface area contributed by atoms with Gasteiger partial charge in [0.25, 0.3) is 0 Å². The Balaban J connectivity index is 1.36. The lowest BCUT2D eigenvalue weighted by Crippen LogP contribution is -2.48. The summed E-state index contributed by atoms with van der Waals surface area (Å²) in [5.74, 6) is 0.132. The zero-order chi connectivity index (χ0) is 18.1. The molecule has 7 nitrogen and oxygen atoms in total. The molecule has 1 amide bonds. The minimum absolute atomic E-state index is 0.00430. The highest BCUT2D eigenvalue weighted by Crippen LogP contribution is 2.37. The molecule has 0 spiro atoms. The number of carboxylic acids is 1. The van der Waals surface area contributed by atoms with Crippen molar-refractivity contribution in [3.63, 3.8) is 0 Å². The van der Waals surface area contributed by atoms with Crippen LogP contribution in [0.2, 0.25) is 0 Å². The Labute approximate surface area is 151 Å². The van der Waals surface area contributed by atoms with E-state index >= 15 is 0 Å². The van der Waals surface area contributed by atoms with E-state index in [1.54, 1.807) is 0 Å². The molecule has 2 heterocycles. The molecule has 136 valence electrons. The summed E-state index contributed by atoms with van der Waals surface area (Å²) in [7, 11) is 0. The SMILES string of the molecule is O=C(O)C1CCC1C(=O)N1CCC(c2nc(-c3ccccc3)n[nH]2)CC1. The van der Waals surface area contributed by atoms with Gasteiger partial charge in [-0.05, 0) is 25.7 Å². The smallest absolute Gasteiger partial charge is 0.307 e. The van der Waals surface area contributed by atoms with Gasteiger partial charge in [0.15, 0.2) is 5.82 Å². The fraction of sp³-hybridized carbons (Fsp3) is 0.474. The average molecular weight is 354 g/mol. The number of aromatic amines is 1. The zero-order valence-electron chi connectivity index (χ0n) is 14.5. The number of carbonyl (C=O) groups excluding carboxylic acids is 1. The van der Waals surface area contributed by atoms with Gasteiger partial charge in [-0.15, -0.1) is 0 Å². The van der Waals surface area contributed by atoms with Crippen molar-refractivity contribution in [2.24, 2.45) is 11.8 Å². The molecule has 1 aromatic carbocycles. The first kappa shape index (κ1) is 16.8. The number of nitrogens with zero attached hydrogens (tertiary/aromatic N) is 3. The molecule has 26 heavy (non-hydrogen) atoms. The molecular weight excluding hydrogens is 332 g/mol. The lowest BCUT2D eigenvalue weighted by molar-refractivity contribution is -0.157. The highest BCUT2D eigenvalue weighted by Gasteiger charge is 2.43. The number of piperidine rings is 1. The lowest BCUT2D eigenvalue weighted by atomic mass is 9.72. The van der Waals surface area contributed by atoms with Gasteiger partial charge in [-0.1, -0.05) is 30.3 Å². The van der Waals surface area contributed by atoms with Crippen LogP contribution in [0.3, 0.4) is 0 Å². The number of hydrogen-bond donors (Lipinski definition) is 2. The summed E-state index contributed by atoms with van der Waals surface area (Å²) in [5, 5.41) is 16.5. The van der Waals surface area contributed by atoms with Crippen LogP contribution in [0.25, 0.3) is 11.4 Å². The van der Waals surface area contributed by atoms with E-state index in [9.17, 15) is 9.59 Å². The topological polar surface area (TPSA) is 99.2 Å². The number of rotatable bonds is 4. The van der Waals surface area contributed by atoms with Crippen molar-refractivity contribution in [3.05, 3.63) is 36.2 Å². The number of hydrogen-bond acceptors (Lipinski definition) is 4. The fourth-order valence-electron chi connectivity index (χ4n) is 3.87. The third kappa shape index (κ3) is 3.09. The molecule has 2 N–H and O–H groups in total. The van der Waals surface area contributed by atoms with Gasteiger partial charge in [-0.2, -0.15) is 5.10 Å². The van der Waals surface area contributed by atoms with Crippen LogP contribution in [0.15, 0.2) is 30.3 Å². The van der Waals surface area contributed by atoms with Crippen LogP contribution in [0.1, 0.15) is 37.4 Å². The minimum atomic E-state index is -0.848. The summed E-state index contributed by atoms with van der Waals surface area (Å²) in [4.78, 5) is 30.1. The van der Waals surface area contributed by atoms with Crippen molar-refractivity contribution in [2.45, 2.75) is 31.6 Å². The van der Waals surface area contributed by atoms with E-state index in [4.69, 9.17) is 5.11 Å². The van der Waals surface area contributed by atoms with Gasteiger partial charge in [-0.25, -0.2) is 4.98 Å². The first-order chi connectivity index (χ1) is 12.6. The molecule has 0 bridgehead atoms. The van der Waals surface area contributed by atoms with Gasteiger partial charge < -0.3 is 10.0 Å². The van der Waals surface area contributed by atoms with Crippen molar-refractivity contribution < 1.29 is 14.7 Å². The maximum Gasteiger partial charge on any atom is 0.307 e. The molecule has 1 aromatic heterocycles. The molecule has 2 fully saturated rings. The Kier molecular flexibility index (Phi) is 4.44. The second kappa shape index (κ2) is 6.90. The molecule has 1 saturated heterocycles. The number of benzene rings is 1. The maximum atomic E-state index is 12.6. The van der Waals surface area contributed by atoms with Crippen LogP contribution in [0.5, 0.6) is 0 Å². The Morgan fingerprint density at radius 1 is 1.04 bits per heavy atom. The van der Waals surface area contributed by atoms with Crippen molar-refractivity contribution in [3.8, 4) is 11.4 Å². The molecule has 2 aliphatic rings. The normalized spacial score (nSPS) is 23.5. The van der Waals surface area contributed by atoms with E-state index in [0.29, 0.717) is 31.8 Å². The first-order valence-corrected chi connectivity index (χ1v) is 9.13. The number of carboxylic acid groups (broad SMARTS) is 1. The predicted octanol–water partition coefficient (Wildman–Crippen LogP) is 2.29. The molecule has 0 radical (unpaired) electrons. The number of carbonyl (C=O) groups is 2. The van der Waals surface area contributed by atoms with E-state index in [1.165, 1.54) is 0 Å². The predicted molar refractivity (Wildman–Crippen MR) is 94.2 cm³/mol. The summed E-state index contributed by atoms with van der Waals surface area (Å²) in [6.07, 6.45) is 2.94. The van der Waals surface area contributed by atoms with Gasteiger partial charge in [0.2, 0.25) is 5.91 Å². The van der Waals surface area contributed by atoms with Crippen LogP contribution in [-0.2, 0) is 9.59 Å². The molecule has 2 unspecified atom stereocenters. The molecule has 1 saturated carbocycles. The van der Waals surface area contributed by atoms with Crippen molar-refractivity contribution in [1.29, 1.82) is 0 Å². The summed E-state index contributed by atoms with van der Waals surface area (Å²) < 4.78 is 0. The number of amides is 1. The second-order valence-electron chi connectivity index (χ2n) is 7.14. The Morgan fingerprint density at radius 2 is 1.73 bits per heavy atom. The Morgan fingerprint density at radius 3 is 2.35 bits per heavy atom.